The first-order valence-corrected chi connectivity index (χ1v) is 11.5. The molecule has 2 aliphatic rings. The number of anilines is 1. The van der Waals surface area contributed by atoms with Crippen LogP contribution in [-0.2, 0) is 6.54 Å². The van der Waals surface area contributed by atoms with Crippen molar-refractivity contribution in [3.05, 3.63) is 106 Å². The molecule has 180 valence electrons. The fourth-order valence-electron chi connectivity index (χ4n) is 4.12. The number of aliphatic imine (C=N–C) groups is 1. The first-order chi connectivity index (χ1) is 17.4. The van der Waals surface area contributed by atoms with E-state index in [-0.39, 0.29) is 47.0 Å². The van der Waals surface area contributed by atoms with Crippen molar-refractivity contribution in [3.8, 4) is 22.8 Å². The predicted molar refractivity (Wildman–Crippen MR) is 137 cm³/mol. The zero-order valence-corrected chi connectivity index (χ0v) is 23.1. The summed E-state index contributed by atoms with van der Waals surface area (Å²) in [6.07, 6.45) is 0. The summed E-state index contributed by atoms with van der Waals surface area (Å²) in [5, 5.41) is 20.9. The fraction of sp³-hybridized carbons (Fsp3) is 0.148. The van der Waals surface area contributed by atoms with E-state index in [4.69, 9.17) is 4.99 Å². The standard InChI is InChI=1S/C27H25N7O2.Na/c1-17-14-18(2)30-26(29-17)31-27(28-16-20-10-6-4-7-11-20)33-19(3)24-22(15-23(33)35)32-34(25(24)36)21-12-8-5-9-13-21;/h4-15,35H,16H2,1-3H3,(H,28,29,30,31);/q;+1/p-1. The number of pyridine rings is 1. The van der Waals surface area contributed by atoms with Crippen molar-refractivity contribution in [1.82, 2.24) is 24.3 Å². The fourth-order valence-corrected chi connectivity index (χ4v) is 4.12. The third kappa shape index (κ3) is 5.48. The van der Waals surface area contributed by atoms with Crippen molar-refractivity contribution in [2.45, 2.75) is 27.3 Å². The number of hydrogen-bond donors (Lipinski definition) is 1. The van der Waals surface area contributed by atoms with Crippen LogP contribution in [0.4, 0.5) is 5.95 Å². The van der Waals surface area contributed by atoms with Crippen LogP contribution in [0, 0.1) is 20.8 Å². The predicted octanol–water partition coefficient (Wildman–Crippen LogP) is 0.448. The zero-order chi connectivity index (χ0) is 25.2. The molecule has 1 N–H and O–H groups in total. The number of hydrogen-bond acceptors (Lipinski definition) is 6. The molecule has 5 rings (SSSR count). The van der Waals surface area contributed by atoms with E-state index in [2.05, 4.69) is 20.4 Å². The van der Waals surface area contributed by atoms with Crippen LogP contribution in [0.5, 0.6) is 5.88 Å². The molecule has 0 saturated heterocycles. The molecule has 0 saturated carbocycles. The van der Waals surface area contributed by atoms with Gasteiger partial charge >= 0.3 is 29.6 Å². The van der Waals surface area contributed by atoms with Gasteiger partial charge in [0.15, 0.2) is 0 Å². The molecule has 0 bridgehead atoms. The van der Waals surface area contributed by atoms with Crippen LogP contribution in [0.1, 0.15) is 22.6 Å². The van der Waals surface area contributed by atoms with Gasteiger partial charge < -0.3 is 5.11 Å². The van der Waals surface area contributed by atoms with Gasteiger partial charge in [-0.2, -0.15) is 9.78 Å². The van der Waals surface area contributed by atoms with E-state index in [0.717, 1.165) is 17.0 Å². The van der Waals surface area contributed by atoms with Crippen molar-refractivity contribution < 1.29 is 34.7 Å². The quantitative estimate of drug-likeness (QED) is 0.217. The van der Waals surface area contributed by atoms with Crippen LogP contribution in [0.3, 0.4) is 0 Å². The van der Waals surface area contributed by atoms with E-state index in [1.165, 1.54) is 15.3 Å². The van der Waals surface area contributed by atoms with Gasteiger partial charge in [0.25, 0.3) is 5.56 Å². The largest absolute Gasteiger partial charge is 1.00 e. The topological polar surface area (TPSA) is 113 Å². The summed E-state index contributed by atoms with van der Waals surface area (Å²) in [5.74, 6) is 0.162. The molecular weight excluding hydrogens is 477 g/mol. The van der Waals surface area contributed by atoms with E-state index in [9.17, 15) is 9.90 Å². The number of aryl methyl sites for hydroxylation is 2. The van der Waals surface area contributed by atoms with Crippen LogP contribution in [-0.4, -0.2) is 30.3 Å². The van der Waals surface area contributed by atoms with E-state index in [0.29, 0.717) is 35.1 Å². The second-order valence-corrected chi connectivity index (χ2v) is 8.44. The Hall–Kier alpha value is -3.79. The van der Waals surface area contributed by atoms with Gasteiger partial charge in [-0.3, -0.25) is 14.7 Å². The van der Waals surface area contributed by atoms with E-state index >= 15 is 0 Å². The van der Waals surface area contributed by atoms with Crippen molar-refractivity contribution in [2.75, 3.05) is 5.32 Å². The molecule has 0 spiro atoms. The van der Waals surface area contributed by atoms with E-state index in [1.807, 2.05) is 68.4 Å². The molecule has 0 aliphatic carbocycles. The SMILES string of the molecule is Cc1cc(C)nc(NC(=NCc2ccccc2)n2c([O-])cc3nn(-c4ccccc4)c(=O)c-3c2C)n1.[Na+]. The Labute approximate surface area is 236 Å². The molecule has 3 aromatic rings. The van der Waals surface area contributed by atoms with Crippen LogP contribution >= 0.6 is 0 Å². The van der Waals surface area contributed by atoms with Crippen LogP contribution in [0.15, 0.2) is 82.6 Å². The first-order valence-electron chi connectivity index (χ1n) is 11.5. The Kier molecular flexibility index (Phi) is 7.87. The summed E-state index contributed by atoms with van der Waals surface area (Å²) in [4.78, 5) is 26.9. The molecule has 0 atom stereocenters. The monoisotopic (exact) mass is 501 g/mol. The van der Waals surface area contributed by atoms with Gasteiger partial charge in [0, 0.05) is 17.1 Å². The molecular formula is C27H24N7NaO2. The van der Waals surface area contributed by atoms with Crippen molar-refractivity contribution in [1.29, 1.82) is 0 Å². The van der Waals surface area contributed by atoms with Crippen LogP contribution in [0.2, 0.25) is 0 Å². The maximum absolute atomic E-state index is 13.4. The van der Waals surface area contributed by atoms with Crippen molar-refractivity contribution in [3.63, 3.8) is 0 Å². The third-order valence-corrected chi connectivity index (χ3v) is 5.72. The van der Waals surface area contributed by atoms with E-state index in [1.54, 1.807) is 19.1 Å². The molecule has 1 aromatic heterocycles. The number of benzene rings is 2. The summed E-state index contributed by atoms with van der Waals surface area (Å²) < 4.78 is 2.69. The summed E-state index contributed by atoms with van der Waals surface area (Å²) in [5.41, 5.74) is 3.92. The first kappa shape index (κ1) is 26.3. The molecule has 0 fully saturated rings. The zero-order valence-electron chi connectivity index (χ0n) is 21.1. The van der Waals surface area contributed by atoms with Gasteiger partial charge in [-0.15, -0.1) is 0 Å². The molecule has 9 nitrogen and oxygen atoms in total. The number of rotatable bonds is 4. The Morgan fingerprint density at radius 3 is 2.22 bits per heavy atom. The molecule has 0 unspecified atom stereocenters. The van der Waals surface area contributed by atoms with Gasteiger partial charge in [0.05, 0.1) is 23.5 Å². The Morgan fingerprint density at radius 2 is 1.57 bits per heavy atom. The number of para-hydroxylation sites is 1. The number of nitrogens with zero attached hydrogens (tertiary/aromatic N) is 6. The summed E-state index contributed by atoms with van der Waals surface area (Å²) in [6.45, 7) is 5.76. The number of fused-ring (bicyclic) bond motifs is 1. The van der Waals surface area contributed by atoms with Crippen molar-refractivity contribution in [2.24, 2.45) is 4.99 Å². The molecule has 2 aromatic carbocycles. The van der Waals surface area contributed by atoms with Gasteiger partial charge in [0.2, 0.25) is 11.9 Å². The Balaban J connectivity index is 0.00000320. The van der Waals surface area contributed by atoms with Gasteiger partial charge in [-0.25, -0.2) is 15.0 Å². The normalized spacial score (nSPS) is 11.4. The average Bonchev–Trinajstić information content (AvgIpc) is 3.19. The molecule has 37 heavy (non-hydrogen) atoms. The Bertz CT molecular complexity index is 1570. The molecule has 2 aliphatic heterocycles. The molecule has 0 radical (unpaired) electrons. The number of nitrogens with one attached hydrogen (secondary N) is 1. The second-order valence-electron chi connectivity index (χ2n) is 8.44. The van der Waals surface area contributed by atoms with Crippen LogP contribution < -0.4 is 45.5 Å². The maximum atomic E-state index is 13.4. The van der Waals surface area contributed by atoms with Crippen LogP contribution in [0.25, 0.3) is 16.9 Å². The molecule has 0 amide bonds. The average molecular weight is 502 g/mol. The smallest absolute Gasteiger partial charge is 0.860 e. The minimum atomic E-state index is -0.374. The van der Waals surface area contributed by atoms with E-state index < -0.39 is 0 Å². The molecule has 3 heterocycles. The second kappa shape index (κ2) is 11.1. The third-order valence-electron chi connectivity index (χ3n) is 5.72. The minimum absolute atomic E-state index is 0. The summed E-state index contributed by atoms with van der Waals surface area (Å²) in [6, 6.07) is 22.0. The van der Waals surface area contributed by atoms with Gasteiger partial charge in [-0.1, -0.05) is 48.5 Å². The van der Waals surface area contributed by atoms with Gasteiger partial charge in [-0.05, 0) is 56.5 Å². The summed E-state index contributed by atoms with van der Waals surface area (Å²) >= 11 is 0. The van der Waals surface area contributed by atoms with Gasteiger partial charge in [0.1, 0.15) is 0 Å². The minimum Gasteiger partial charge on any atom is -0.860 e. The Morgan fingerprint density at radius 1 is 0.946 bits per heavy atom. The number of aromatic nitrogens is 5. The molecule has 10 heteroatoms. The summed E-state index contributed by atoms with van der Waals surface area (Å²) in [7, 11) is 0. The van der Waals surface area contributed by atoms with Crippen molar-refractivity contribution >= 4 is 11.9 Å². The maximum Gasteiger partial charge on any atom is 1.00 e.